The Hall–Kier alpha value is -1.30. The molecule has 0 radical (unpaired) electrons. The first-order valence-corrected chi connectivity index (χ1v) is 7.29. The van der Waals surface area contributed by atoms with E-state index in [0.29, 0.717) is 0 Å². The molecular weight excluding hydrogens is 298 g/mol. The van der Waals surface area contributed by atoms with Gasteiger partial charge in [0.05, 0.1) is 11.4 Å². The van der Waals surface area contributed by atoms with Crippen LogP contribution in [0.5, 0.6) is 0 Å². The lowest BCUT2D eigenvalue weighted by molar-refractivity contribution is 0.875. The van der Waals surface area contributed by atoms with Crippen molar-refractivity contribution in [1.29, 1.82) is 0 Å². The van der Waals surface area contributed by atoms with Crippen LogP contribution in [0.4, 0.5) is 0 Å². The van der Waals surface area contributed by atoms with E-state index in [-0.39, 0.29) is 0 Å². The lowest BCUT2D eigenvalue weighted by Crippen LogP contribution is -2.09. The van der Waals surface area contributed by atoms with Gasteiger partial charge in [-0.1, -0.05) is 35.6 Å². The summed E-state index contributed by atoms with van der Waals surface area (Å²) in [5.41, 5.74) is 1.91. The van der Waals surface area contributed by atoms with Crippen molar-refractivity contribution in [2.45, 2.75) is 0 Å². The third-order valence-corrected chi connectivity index (χ3v) is 4.14. The van der Waals surface area contributed by atoms with Gasteiger partial charge in [-0.3, -0.25) is 0 Å². The van der Waals surface area contributed by atoms with Crippen molar-refractivity contribution in [3.63, 3.8) is 0 Å². The molecule has 1 saturated heterocycles. The molecule has 1 N–H and O–H groups in total. The summed E-state index contributed by atoms with van der Waals surface area (Å²) in [7, 11) is 0. The Morgan fingerprint density at radius 1 is 1.32 bits per heavy atom. The van der Waals surface area contributed by atoms with E-state index in [1.54, 1.807) is 11.8 Å². The minimum atomic E-state index is 0.722. The van der Waals surface area contributed by atoms with Gasteiger partial charge in [-0.2, -0.15) is 5.10 Å². The molecule has 1 aliphatic heterocycles. The minimum Gasteiger partial charge on any atom is -0.366 e. The summed E-state index contributed by atoms with van der Waals surface area (Å²) in [6.07, 6.45) is 3.98. The molecule has 2 heterocycles. The van der Waals surface area contributed by atoms with Crippen molar-refractivity contribution in [2.24, 2.45) is 0 Å². The van der Waals surface area contributed by atoms with E-state index < -0.39 is 0 Å². The van der Waals surface area contributed by atoms with Gasteiger partial charge in [-0.05, 0) is 36.4 Å². The first kappa shape index (κ1) is 12.7. The SMILES string of the molecule is S=C1NC/C(=C/c2ccn(-c3ccc(Cl)cc3)n2)S1. The highest BCUT2D eigenvalue weighted by Crippen LogP contribution is 2.24. The quantitative estimate of drug-likeness (QED) is 0.860. The molecule has 0 saturated carbocycles. The zero-order chi connectivity index (χ0) is 13.2. The average molecular weight is 308 g/mol. The first-order valence-electron chi connectivity index (χ1n) is 5.68. The van der Waals surface area contributed by atoms with E-state index in [1.165, 1.54) is 4.91 Å². The topological polar surface area (TPSA) is 29.9 Å². The number of nitrogens with one attached hydrogen (secondary N) is 1. The molecule has 0 unspecified atom stereocenters. The van der Waals surface area contributed by atoms with Gasteiger partial charge in [0.15, 0.2) is 0 Å². The zero-order valence-corrected chi connectivity index (χ0v) is 12.2. The molecule has 1 aromatic heterocycles. The number of halogens is 1. The van der Waals surface area contributed by atoms with Crippen LogP contribution in [-0.4, -0.2) is 20.6 Å². The second kappa shape index (κ2) is 5.36. The molecule has 0 spiro atoms. The average Bonchev–Trinajstić information content (AvgIpc) is 3.00. The van der Waals surface area contributed by atoms with Crippen molar-refractivity contribution >= 4 is 46.0 Å². The number of hydrogen-bond donors (Lipinski definition) is 1. The molecule has 0 amide bonds. The molecular formula is C13H10ClN3S2. The molecule has 19 heavy (non-hydrogen) atoms. The fraction of sp³-hybridized carbons (Fsp3) is 0.0769. The normalized spacial score (nSPS) is 16.9. The summed E-state index contributed by atoms with van der Waals surface area (Å²) >= 11 is 12.5. The molecule has 1 fully saturated rings. The van der Waals surface area contributed by atoms with E-state index in [4.69, 9.17) is 23.8 Å². The summed E-state index contributed by atoms with van der Waals surface area (Å²) in [5, 5.41) is 8.35. The summed E-state index contributed by atoms with van der Waals surface area (Å²) < 4.78 is 2.65. The molecule has 6 heteroatoms. The van der Waals surface area contributed by atoms with E-state index in [0.717, 1.165) is 27.3 Å². The van der Waals surface area contributed by atoms with Crippen molar-refractivity contribution in [3.05, 3.63) is 52.2 Å². The van der Waals surface area contributed by atoms with Crippen molar-refractivity contribution in [1.82, 2.24) is 15.1 Å². The number of rotatable bonds is 2. The van der Waals surface area contributed by atoms with Gasteiger partial charge >= 0.3 is 0 Å². The molecule has 0 atom stereocenters. The Morgan fingerprint density at radius 3 is 2.79 bits per heavy atom. The number of thioether (sulfide) groups is 1. The van der Waals surface area contributed by atoms with E-state index >= 15 is 0 Å². The molecule has 0 bridgehead atoms. The third kappa shape index (κ3) is 3.00. The second-order valence-electron chi connectivity index (χ2n) is 4.02. The number of aromatic nitrogens is 2. The maximum absolute atomic E-state index is 5.87. The molecule has 3 rings (SSSR count). The Balaban J connectivity index is 1.83. The number of thiocarbonyl (C=S) groups is 1. The molecule has 1 aromatic carbocycles. The highest BCUT2D eigenvalue weighted by molar-refractivity contribution is 8.26. The summed E-state index contributed by atoms with van der Waals surface area (Å²) in [6, 6.07) is 9.56. The fourth-order valence-electron chi connectivity index (χ4n) is 1.75. The number of hydrogen-bond acceptors (Lipinski definition) is 3. The van der Waals surface area contributed by atoms with Crippen LogP contribution >= 0.6 is 35.6 Å². The maximum Gasteiger partial charge on any atom is 0.138 e. The molecule has 0 aliphatic carbocycles. The van der Waals surface area contributed by atoms with E-state index in [9.17, 15) is 0 Å². The third-order valence-electron chi connectivity index (χ3n) is 2.64. The smallest absolute Gasteiger partial charge is 0.138 e. The zero-order valence-electron chi connectivity index (χ0n) is 9.84. The standard InChI is InChI=1S/C13H10ClN3S2/c14-9-1-3-11(4-2-9)17-6-5-10(16-17)7-12-8-15-13(18)19-12/h1-7H,8H2,(H,15,18)/b12-7-. The highest BCUT2D eigenvalue weighted by Gasteiger charge is 2.12. The highest BCUT2D eigenvalue weighted by atomic mass is 35.5. The molecule has 96 valence electrons. The predicted octanol–water partition coefficient (Wildman–Crippen LogP) is 3.49. The number of nitrogens with zero attached hydrogens (tertiary/aromatic N) is 2. The van der Waals surface area contributed by atoms with Gasteiger partial charge < -0.3 is 5.32 Å². The van der Waals surface area contributed by atoms with Gasteiger partial charge in [0, 0.05) is 22.7 Å². The Bertz CT molecular complexity index is 646. The summed E-state index contributed by atoms with van der Waals surface area (Å²) in [4.78, 5) is 1.19. The van der Waals surface area contributed by atoms with E-state index in [2.05, 4.69) is 10.4 Å². The maximum atomic E-state index is 5.87. The van der Waals surface area contributed by atoms with Crippen LogP contribution < -0.4 is 5.32 Å². The van der Waals surface area contributed by atoms with Gasteiger partial charge in [-0.25, -0.2) is 4.68 Å². The summed E-state index contributed by atoms with van der Waals surface area (Å²) in [5.74, 6) is 0. The van der Waals surface area contributed by atoms with Gasteiger partial charge in [0.1, 0.15) is 4.32 Å². The van der Waals surface area contributed by atoms with Crippen molar-refractivity contribution in [3.8, 4) is 5.69 Å². The van der Waals surface area contributed by atoms with Crippen LogP contribution in [0.25, 0.3) is 11.8 Å². The van der Waals surface area contributed by atoms with Crippen LogP contribution in [0.3, 0.4) is 0 Å². The Labute approximate surface area is 125 Å². The molecule has 1 aliphatic rings. The van der Waals surface area contributed by atoms with Gasteiger partial charge in [-0.15, -0.1) is 0 Å². The van der Waals surface area contributed by atoms with Crippen molar-refractivity contribution < 1.29 is 0 Å². The minimum absolute atomic E-state index is 0.722. The first-order chi connectivity index (χ1) is 9.20. The van der Waals surface area contributed by atoms with Gasteiger partial charge in [0.25, 0.3) is 0 Å². The Morgan fingerprint density at radius 2 is 2.11 bits per heavy atom. The Kier molecular flexibility index (Phi) is 3.59. The molecule has 3 nitrogen and oxygen atoms in total. The fourth-order valence-corrected chi connectivity index (χ4v) is 2.97. The lowest BCUT2D eigenvalue weighted by Gasteiger charge is -2.00. The van der Waals surface area contributed by atoms with Crippen LogP contribution in [0.1, 0.15) is 5.69 Å². The lowest BCUT2D eigenvalue weighted by atomic mass is 10.3. The predicted molar refractivity (Wildman–Crippen MR) is 84.7 cm³/mol. The second-order valence-corrected chi connectivity index (χ2v) is 6.26. The van der Waals surface area contributed by atoms with E-state index in [1.807, 2.05) is 47.3 Å². The van der Waals surface area contributed by atoms with Crippen LogP contribution in [0.2, 0.25) is 5.02 Å². The summed E-state index contributed by atoms with van der Waals surface area (Å²) in [6.45, 7) is 0.789. The van der Waals surface area contributed by atoms with Crippen LogP contribution in [-0.2, 0) is 0 Å². The monoisotopic (exact) mass is 307 g/mol. The largest absolute Gasteiger partial charge is 0.366 e. The number of benzene rings is 1. The van der Waals surface area contributed by atoms with Crippen LogP contribution in [0.15, 0.2) is 41.4 Å². The van der Waals surface area contributed by atoms with Gasteiger partial charge in [0.2, 0.25) is 0 Å². The van der Waals surface area contributed by atoms with Crippen LogP contribution in [0, 0.1) is 0 Å². The molecule has 2 aromatic rings. The van der Waals surface area contributed by atoms with Crippen molar-refractivity contribution in [2.75, 3.05) is 6.54 Å².